The van der Waals surface area contributed by atoms with E-state index in [1.807, 2.05) is 0 Å². The first-order valence-corrected chi connectivity index (χ1v) is 4.38. The molecule has 0 spiro atoms. The molecule has 0 saturated heterocycles. The minimum absolute atomic E-state index is 0.0981. The van der Waals surface area contributed by atoms with E-state index in [4.69, 9.17) is 9.84 Å². The SMILES string of the molecule is Cn1cnc(Oc2cc(C(=O)O)ccn2)n1. The normalized spacial score (nSPS) is 10.1. The first-order valence-electron chi connectivity index (χ1n) is 4.38. The third kappa shape index (κ3) is 2.14. The van der Waals surface area contributed by atoms with E-state index in [1.54, 1.807) is 7.05 Å². The molecule has 82 valence electrons. The van der Waals surface area contributed by atoms with E-state index >= 15 is 0 Å². The van der Waals surface area contributed by atoms with Crippen LogP contribution in [0.15, 0.2) is 24.7 Å². The summed E-state index contributed by atoms with van der Waals surface area (Å²) in [5.74, 6) is -0.896. The molecule has 0 atom stereocenters. The summed E-state index contributed by atoms with van der Waals surface area (Å²) in [7, 11) is 1.70. The van der Waals surface area contributed by atoms with Crippen LogP contribution in [0.2, 0.25) is 0 Å². The molecule has 0 aliphatic rings. The molecule has 0 aliphatic heterocycles. The van der Waals surface area contributed by atoms with Gasteiger partial charge in [0.1, 0.15) is 6.33 Å². The van der Waals surface area contributed by atoms with Crippen LogP contribution >= 0.6 is 0 Å². The molecule has 0 unspecified atom stereocenters. The first-order chi connectivity index (χ1) is 7.65. The van der Waals surface area contributed by atoms with Gasteiger partial charge in [0.15, 0.2) is 0 Å². The molecule has 2 rings (SSSR count). The fourth-order valence-corrected chi connectivity index (χ4v) is 1.06. The molecule has 7 nitrogen and oxygen atoms in total. The van der Waals surface area contributed by atoms with Crippen molar-refractivity contribution < 1.29 is 14.6 Å². The van der Waals surface area contributed by atoms with Crippen LogP contribution in [0.4, 0.5) is 0 Å². The summed E-state index contributed by atoms with van der Waals surface area (Å²) in [6.45, 7) is 0. The Labute approximate surface area is 90.3 Å². The zero-order valence-corrected chi connectivity index (χ0v) is 8.36. The van der Waals surface area contributed by atoms with Crippen LogP contribution in [0.5, 0.6) is 11.9 Å². The fourth-order valence-electron chi connectivity index (χ4n) is 1.06. The summed E-state index contributed by atoms with van der Waals surface area (Å²) in [6.07, 6.45) is 2.82. The number of aryl methyl sites for hydroxylation is 1. The maximum atomic E-state index is 10.7. The van der Waals surface area contributed by atoms with E-state index in [1.165, 1.54) is 29.3 Å². The van der Waals surface area contributed by atoms with E-state index in [2.05, 4.69) is 15.1 Å². The van der Waals surface area contributed by atoms with Crippen molar-refractivity contribution in [1.29, 1.82) is 0 Å². The standard InChI is InChI=1S/C9H8N4O3/c1-13-5-11-9(12-13)16-7-4-6(8(14)15)2-3-10-7/h2-5H,1H3,(H,14,15). The molecular weight excluding hydrogens is 212 g/mol. The monoisotopic (exact) mass is 220 g/mol. The highest BCUT2D eigenvalue weighted by molar-refractivity contribution is 5.87. The highest BCUT2D eigenvalue weighted by Gasteiger charge is 2.07. The Morgan fingerprint density at radius 3 is 2.94 bits per heavy atom. The van der Waals surface area contributed by atoms with Crippen molar-refractivity contribution >= 4 is 5.97 Å². The molecule has 0 bridgehead atoms. The first kappa shape index (κ1) is 10.1. The number of hydrogen-bond acceptors (Lipinski definition) is 5. The van der Waals surface area contributed by atoms with Gasteiger partial charge in [-0.05, 0) is 6.07 Å². The predicted octanol–water partition coefficient (Wildman–Crippen LogP) is 0.701. The van der Waals surface area contributed by atoms with Crippen molar-refractivity contribution in [2.24, 2.45) is 7.05 Å². The second-order valence-electron chi connectivity index (χ2n) is 2.99. The Hall–Kier alpha value is -2.44. The predicted molar refractivity (Wildman–Crippen MR) is 52.3 cm³/mol. The third-order valence-electron chi connectivity index (χ3n) is 1.76. The molecule has 0 saturated carbocycles. The van der Waals surface area contributed by atoms with Crippen molar-refractivity contribution in [2.75, 3.05) is 0 Å². The number of hydrogen-bond donors (Lipinski definition) is 1. The van der Waals surface area contributed by atoms with E-state index < -0.39 is 5.97 Å². The Bertz CT molecular complexity index is 523. The molecule has 0 amide bonds. The molecule has 2 aromatic rings. The molecule has 7 heteroatoms. The molecular formula is C9H8N4O3. The van der Waals surface area contributed by atoms with Gasteiger partial charge in [0.05, 0.1) is 5.56 Å². The number of aromatic nitrogens is 4. The quantitative estimate of drug-likeness (QED) is 0.818. The summed E-state index contributed by atoms with van der Waals surface area (Å²) in [4.78, 5) is 18.4. The van der Waals surface area contributed by atoms with Crippen molar-refractivity contribution in [3.63, 3.8) is 0 Å². The molecule has 2 aromatic heterocycles. The van der Waals surface area contributed by atoms with Gasteiger partial charge in [-0.25, -0.2) is 9.78 Å². The van der Waals surface area contributed by atoms with Crippen LogP contribution in [0, 0.1) is 0 Å². The van der Waals surface area contributed by atoms with Crippen molar-refractivity contribution in [1.82, 2.24) is 19.7 Å². The van der Waals surface area contributed by atoms with E-state index in [9.17, 15) is 4.79 Å². The lowest BCUT2D eigenvalue weighted by molar-refractivity contribution is 0.0696. The van der Waals surface area contributed by atoms with Crippen molar-refractivity contribution in [2.45, 2.75) is 0 Å². The summed E-state index contributed by atoms with van der Waals surface area (Å²) in [6, 6.07) is 2.80. The van der Waals surface area contributed by atoms with Crippen LogP contribution in [0.1, 0.15) is 10.4 Å². The average Bonchev–Trinajstić information content (AvgIpc) is 2.64. The summed E-state index contributed by atoms with van der Waals surface area (Å²) >= 11 is 0. The Morgan fingerprint density at radius 2 is 2.31 bits per heavy atom. The number of carbonyl (C=O) groups is 1. The number of ether oxygens (including phenoxy) is 1. The Morgan fingerprint density at radius 1 is 1.50 bits per heavy atom. The van der Waals surface area contributed by atoms with Crippen LogP contribution in [-0.2, 0) is 7.05 Å². The Balaban J connectivity index is 2.21. The smallest absolute Gasteiger partial charge is 0.342 e. The summed E-state index contributed by atoms with van der Waals surface area (Å²) in [5.41, 5.74) is 0.0981. The molecule has 1 N–H and O–H groups in total. The van der Waals surface area contributed by atoms with Crippen LogP contribution in [-0.4, -0.2) is 30.8 Å². The van der Waals surface area contributed by atoms with E-state index in [-0.39, 0.29) is 17.5 Å². The van der Waals surface area contributed by atoms with Gasteiger partial charge in [-0.1, -0.05) is 0 Å². The largest absolute Gasteiger partial charge is 0.478 e. The molecule has 2 heterocycles. The van der Waals surface area contributed by atoms with Crippen LogP contribution < -0.4 is 4.74 Å². The zero-order valence-electron chi connectivity index (χ0n) is 8.36. The number of rotatable bonds is 3. The maximum Gasteiger partial charge on any atom is 0.342 e. The number of carboxylic acids is 1. The lowest BCUT2D eigenvalue weighted by atomic mass is 10.3. The second kappa shape index (κ2) is 3.97. The topological polar surface area (TPSA) is 90.1 Å². The van der Waals surface area contributed by atoms with Gasteiger partial charge in [0, 0.05) is 19.3 Å². The molecule has 0 aliphatic carbocycles. The minimum Gasteiger partial charge on any atom is -0.478 e. The lowest BCUT2D eigenvalue weighted by Crippen LogP contribution is -1.98. The minimum atomic E-state index is -1.04. The maximum absolute atomic E-state index is 10.7. The van der Waals surface area contributed by atoms with Gasteiger partial charge in [-0.2, -0.15) is 4.98 Å². The van der Waals surface area contributed by atoms with E-state index in [0.29, 0.717) is 0 Å². The van der Waals surface area contributed by atoms with Gasteiger partial charge in [-0.15, -0.1) is 5.10 Å². The van der Waals surface area contributed by atoms with Gasteiger partial charge < -0.3 is 9.84 Å². The molecule has 16 heavy (non-hydrogen) atoms. The average molecular weight is 220 g/mol. The van der Waals surface area contributed by atoms with Gasteiger partial charge >= 0.3 is 12.0 Å². The second-order valence-corrected chi connectivity index (χ2v) is 2.99. The van der Waals surface area contributed by atoms with Gasteiger partial charge in [0.2, 0.25) is 5.88 Å². The summed E-state index contributed by atoms with van der Waals surface area (Å²) < 4.78 is 6.64. The van der Waals surface area contributed by atoms with E-state index in [0.717, 1.165) is 0 Å². The number of pyridine rings is 1. The molecule has 0 radical (unpaired) electrons. The number of nitrogens with zero attached hydrogens (tertiary/aromatic N) is 4. The van der Waals surface area contributed by atoms with Crippen molar-refractivity contribution in [3.8, 4) is 11.9 Å². The molecule has 0 aromatic carbocycles. The highest BCUT2D eigenvalue weighted by atomic mass is 16.5. The fraction of sp³-hybridized carbons (Fsp3) is 0.111. The lowest BCUT2D eigenvalue weighted by Gasteiger charge is -2.00. The van der Waals surface area contributed by atoms with Crippen LogP contribution in [0.3, 0.4) is 0 Å². The number of aromatic carboxylic acids is 1. The van der Waals surface area contributed by atoms with Gasteiger partial charge in [-0.3, -0.25) is 4.68 Å². The number of carboxylic acid groups (broad SMARTS) is 1. The van der Waals surface area contributed by atoms with Crippen LogP contribution in [0.25, 0.3) is 0 Å². The molecule has 0 fully saturated rings. The zero-order chi connectivity index (χ0) is 11.5. The summed E-state index contributed by atoms with van der Waals surface area (Å²) in [5, 5.41) is 12.6. The van der Waals surface area contributed by atoms with Gasteiger partial charge in [0.25, 0.3) is 0 Å². The Kier molecular flexibility index (Phi) is 2.50. The van der Waals surface area contributed by atoms with Crippen molar-refractivity contribution in [3.05, 3.63) is 30.2 Å². The third-order valence-corrected chi connectivity index (χ3v) is 1.76. The highest BCUT2D eigenvalue weighted by Crippen LogP contribution is 2.15.